The summed E-state index contributed by atoms with van der Waals surface area (Å²) in [6.07, 6.45) is 5.31. The molecule has 1 N–H and O–H groups in total. The quantitative estimate of drug-likeness (QED) is 0.839. The number of nitrogens with one attached hydrogen (secondary N) is 1. The smallest absolute Gasteiger partial charge is 0.185 e. The highest BCUT2D eigenvalue weighted by molar-refractivity contribution is 7.15. The summed E-state index contributed by atoms with van der Waals surface area (Å²) in [4.78, 5) is 8.48. The highest BCUT2D eigenvalue weighted by atomic mass is 32.1. The maximum atomic E-state index is 5.29. The Labute approximate surface area is 126 Å². The summed E-state index contributed by atoms with van der Waals surface area (Å²) in [5, 5.41) is 4.62. The first kappa shape index (κ1) is 15.7. The van der Waals surface area contributed by atoms with Gasteiger partial charge in [-0.25, -0.2) is 4.98 Å². The zero-order valence-corrected chi connectivity index (χ0v) is 13.9. The minimum Gasteiger partial charge on any atom is -0.378 e. The van der Waals surface area contributed by atoms with Gasteiger partial charge in [-0.3, -0.25) is 0 Å². The molecule has 0 radical (unpaired) electrons. The Kier molecular flexibility index (Phi) is 5.81. The second-order valence-corrected chi connectivity index (χ2v) is 6.95. The van der Waals surface area contributed by atoms with Crippen molar-refractivity contribution in [3.05, 3.63) is 10.6 Å². The average Bonchev–Trinajstić information content (AvgIpc) is 3.05. The first-order valence-corrected chi connectivity index (χ1v) is 8.37. The van der Waals surface area contributed by atoms with Gasteiger partial charge < -0.3 is 15.0 Å². The predicted molar refractivity (Wildman–Crippen MR) is 85.5 cm³/mol. The molecule has 1 fully saturated rings. The molecule has 0 saturated heterocycles. The van der Waals surface area contributed by atoms with E-state index in [1.165, 1.54) is 30.6 Å². The predicted octanol–water partition coefficient (Wildman–Crippen LogP) is 3.17. The van der Waals surface area contributed by atoms with E-state index >= 15 is 0 Å². The van der Waals surface area contributed by atoms with Gasteiger partial charge in [0.15, 0.2) is 5.13 Å². The van der Waals surface area contributed by atoms with Crippen LogP contribution in [-0.4, -0.2) is 31.2 Å². The third-order valence-electron chi connectivity index (χ3n) is 3.89. The molecule has 0 aromatic carbocycles. The van der Waals surface area contributed by atoms with Crippen LogP contribution in [0.4, 0.5) is 5.13 Å². The molecule has 1 aromatic heterocycles. The summed E-state index contributed by atoms with van der Waals surface area (Å²) in [5.41, 5.74) is 1.09. The molecule has 2 rings (SSSR count). The first-order chi connectivity index (χ1) is 9.61. The highest BCUT2D eigenvalue weighted by Gasteiger charge is 2.23. The van der Waals surface area contributed by atoms with E-state index in [1.807, 2.05) is 11.3 Å². The highest BCUT2D eigenvalue weighted by Crippen LogP contribution is 2.32. The van der Waals surface area contributed by atoms with Crippen LogP contribution in [0.25, 0.3) is 0 Å². The van der Waals surface area contributed by atoms with Crippen LogP contribution in [0.15, 0.2) is 0 Å². The lowest BCUT2D eigenvalue weighted by molar-refractivity contribution is 0.181. The second-order valence-electron chi connectivity index (χ2n) is 5.88. The van der Waals surface area contributed by atoms with E-state index in [2.05, 4.69) is 31.1 Å². The van der Waals surface area contributed by atoms with Gasteiger partial charge in [-0.05, 0) is 12.8 Å². The lowest BCUT2D eigenvalue weighted by atomic mass is 10.2. The van der Waals surface area contributed by atoms with E-state index in [-0.39, 0.29) is 0 Å². The Morgan fingerprint density at radius 3 is 2.70 bits per heavy atom. The molecule has 5 heteroatoms. The zero-order valence-electron chi connectivity index (χ0n) is 13.1. The Balaban J connectivity index is 2.10. The van der Waals surface area contributed by atoms with Crippen LogP contribution in [0.1, 0.15) is 50.1 Å². The van der Waals surface area contributed by atoms with Crippen molar-refractivity contribution < 1.29 is 4.74 Å². The van der Waals surface area contributed by atoms with Crippen molar-refractivity contribution in [2.24, 2.45) is 0 Å². The van der Waals surface area contributed by atoms with Gasteiger partial charge >= 0.3 is 0 Å². The topological polar surface area (TPSA) is 37.4 Å². The van der Waals surface area contributed by atoms with Crippen molar-refractivity contribution in [1.29, 1.82) is 0 Å². The molecule has 1 heterocycles. The lowest BCUT2D eigenvalue weighted by Crippen LogP contribution is -2.28. The molecular formula is C15H27N3OS. The van der Waals surface area contributed by atoms with Crippen molar-refractivity contribution in [1.82, 2.24) is 10.3 Å². The van der Waals surface area contributed by atoms with E-state index in [1.54, 1.807) is 7.11 Å². The van der Waals surface area contributed by atoms with E-state index in [0.29, 0.717) is 18.7 Å². The molecule has 1 aromatic rings. The molecule has 1 aliphatic rings. The molecule has 0 spiro atoms. The van der Waals surface area contributed by atoms with Gasteiger partial charge in [0, 0.05) is 37.7 Å². The molecule has 0 atom stereocenters. The number of ether oxygens (including phenoxy) is 1. The SMILES string of the molecule is COCc1nc(N(C)C2CCCC2)sc1CNC(C)C. The molecule has 114 valence electrons. The molecule has 0 amide bonds. The van der Waals surface area contributed by atoms with E-state index in [4.69, 9.17) is 9.72 Å². The number of methoxy groups -OCH3 is 1. The Morgan fingerprint density at radius 1 is 1.40 bits per heavy atom. The standard InChI is InChI=1S/C15H27N3OS/c1-11(2)16-9-14-13(10-19-4)17-15(20-14)18(3)12-7-5-6-8-12/h11-12,16H,5-10H2,1-4H3. The van der Waals surface area contributed by atoms with Gasteiger partial charge in [-0.2, -0.15) is 0 Å². The second kappa shape index (κ2) is 7.38. The van der Waals surface area contributed by atoms with Crippen molar-refractivity contribution in [2.75, 3.05) is 19.1 Å². The number of thiazole rings is 1. The van der Waals surface area contributed by atoms with E-state index in [0.717, 1.165) is 17.4 Å². The number of hydrogen-bond donors (Lipinski definition) is 1. The summed E-state index contributed by atoms with van der Waals surface area (Å²) in [6.45, 7) is 5.82. The Bertz CT molecular complexity index is 413. The normalized spacial score (nSPS) is 16.2. The Hall–Kier alpha value is -0.650. The maximum absolute atomic E-state index is 5.29. The molecule has 1 aliphatic carbocycles. The largest absolute Gasteiger partial charge is 0.378 e. The number of nitrogens with zero attached hydrogens (tertiary/aromatic N) is 2. The average molecular weight is 297 g/mol. The van der Waals surface area contributed by atoms with Crippen LogP contribution in [0.2, 0.25) is 0 Å². The minimum atomic E-state index is 0.489. The lowest BCUT2D eigenvalue weighted by Gasteiger charge is -2.23. The van der Waals surface area contributed by atoms with Gasteiger partial charge in [-0.15, -0.1) is 11.3 Å². The molecule has 20 heavy (non-hydrogen) atoms. The molecule has 1 saturated carbocycles. The summed E-state index contributed by atoms with van der Waals surface area (Å²) < 4.78 is 5.29. The number of aromatic nitrogens is 1. The van der Waals surface area contributed by atoms with Gasteiger partial charge in [0.25, 0.3) is 0 Å². The monoisotopic (exact) mass is 297 g/mol. The van der Waals surface area contributed by atoms with Crippen LogP contribution in [0.3, 0.4) is 0 Å². The van der Waals surface area contributed by atoms with Crippen molar-refractivity contribution in [3.63, 3.8) is 0 Å². The van der Waals surface area contributed by atoms with Gasteiger partial charge in [0.05, 0.1) is 12.3 Å². The molecule has 4 nitrogen and oxygen atoms in total. The fourth-order valence-electron chi connectivity index (χ4n) is 2.65. The Morgan fingerprint density at radius 2 is 2.10 bits per heavy atom. The summed E-state index contributed by atoms with van der Waals surface area (Å²) in [6, 6.07) is 1.16. The van der Waals surface area contributed by atoms with Crippen LogP contribution in [0.5, 0.6) is 0 Å². The molecular weight excluding hydrogens is 270 g/mol. The van der Waals surface area contributed by atoms with Gasteiger partial charge in [0.2, 0.25) is 0 Å². The minimum absolute atomic E-state index is 0.489. The summed E-state index contributed by atoms with van der Waals surface area (Å²) >= 11 is 1.81. The maximum Gasteiger partial charge on any atom is 0.185 e. The van der Waals surface area contributed by atoms with Crippen molar-refractivity contribution in [3.8, 4) is 0 Å². The van der Waals surface area contributed by atoms with E-state index in [9.17, 15) is 0 Å². The number of anilines is 1. The zero-order chi connectivity index (χ0) is 14.5. The molecule has 0 unspecified atom stereocenters. The van der Waals surface area contributed by atoms with Crippen LogP contribution in [-0.2, 0) is 17.9 Å². The summed E-state index contributed by atoms with van der Waals surface area (Å²) in [5.74, 6) is 0. The van der Waals surface area contributed by atoms with Crippen molar-refractivity contribution in [2.45, 2.75) is 64.8 Å². The fraction of sp³-hybridized carbons (Fsp3) is 0.800. The van der Waals surface area contributed by atoms with Gasteiger partial charge in [-0.1, -0.05) is 26.7 Å². The molecule has 0 bridgehead atoms. The summed E-state index contributed by atoms with van der Waals surface area (Å²) in [7, 11) is 3.92. The van der Waals surface area contributed by atoms with Crippen LogP contribution in [0, 0.1) is 0 Å². The van der Waals surface area contributed by atoms with Crippen LogP contribution < -0.4 is 10.2 Å². The van der Waals surface area contributed by atoms with E-state index < -0.39 is 0 Å². The number of rotatable bonds is 7. The third-order valence-corrected chi connectivity index (χ3v) is 5.08. The first-order valence-electron chi connectivity index (χ1n) is 7.55. The van der Waals surface area contributed by atoms with Crippen LogP contribution >= 0.6 is 11.3 Å². The fourth-order valence-corrected chi connectivity index (χ4v) is 3.70. The number of hydrogen-bond acceptors (Lipinski definition) is 5. The van der Waals surface area contributed by atoms with Crippen molar-refractivity contribution >= 4 is 16.5 Å². The molecule has 0 aliphatic heterocycles. The van der Waals surface area contributed by atoms with Gasteiger partial charge in [0.1, 0.15) is 0 Å². The third kappa shape index (κ3) is 3.93.